The molecule has 4 rings (SSSR count). The summed E-state index contributed by atoms with van der Waals surface area (Å²) in [7, 11) is -3.96. The highest BCUT2D eigenvalue weighted by Gasteiger charge is 2.26. The first-order chi connectivity index (χ1) is 17.4. The standard InChI is InChI=1S/C27H31N5O3S2/c1-18(2)14-21-16-22(24(36-21)37(34,35)31-26-29-10-7-11-30-26)19-8-6-9-20(15-19)23(33)17-32-13-12-28-25(32)27(3,4)5/h6-13,15-16,18H,14,17H2,1-5H3,(H,29,30,31). The second-order valence-corrected chi connectivity index (χ2v) is 13.3. The Bertz CT molecular complexity index is 1500. The van der Waals surface area contributed by atoms with Crippen LogP contribution in [-0.2, 0) is 28.4 Å². The molecule has 1 aromatic carbocycles. The summed E-state index contributed by atoms with van der Waals surface area (Å²) in [5.74, 6) is 1.11. The molecule has 0 unspecified atom stereocenters. The molecule has 3 heterocycles. The quantitative estimate of drug-likeness (QED) is 0.279. The number of thiophene rings is 1. The second kappa shape index (κ2) is 10.5. The van der Waals surface area contributed by atoms with E-state index in [0.29, 0.717) is 22.6 Å². The lowest BCUT2D eigenvalue weighted by atomic mass is 9.95. The highest BCUT2D eigenvalue weighted by molar-refractivity contribution is 7.94. The Kier molecular flexibility index (Phi) is 7.61. The fourth-order valence-corrected chi connectivity index (χ4v) is 6.94. The van der Waals surface area contributed by atoms with Crippen LogP contribution in [-0.4, -0.2) is 33.7 Å². The Morgan fingerprint density at radius 1 is 1.05 bits per heavy atom. The van der Waals surface area contributed by atoms with Crippen molar-refractivity contribution in [2.24, 2.45) is 5.92 Å². The van der Waals surface area contributed by atoms with E-state index in [1.807, 2.05) is 16.7 Å². The molecule has 37 heavy (non-hydrogen) atoms. The fourth-order valence-electron chi connectivity index (χ4n) is 4.03. The van der Waals surface area contributed by atoms with E-state index in [1.165, 1.54) is 23.7 Å². The van der Waals surface area contributed by atoms with Gasteiger partial charge in [0.1, 0.15) is 10.0 Å². The van der Waals surface area contributed by atoms with Crippen molar-refractivity contribution in [3.8, 4) is 11.1 Å². The third-order valence-electron chi connectivity index (χ3n) is 5.59. The van der Waals surface area contributed by atoms with Crippen LogP contribution in [0.25, 0.3) is 11.1 Å². The van der Waals surface area contributed by atoms with Gasteiger partial charge in [0.05, 0.1) is 6.54 Å². The minimum Gasteiger partial charge on any atom is -0.327 e. The predicted octanol–water partition coefficient (Wildman–Crippen LogP) is 5.58. The molecule has 0 saturated heterocycles. The van der Waals surface area contributed by atoms with Gasteiger partial charge in [0.25, 0.3) is 10.0 Å². The zero-order valence-electron chi connectivity index (χ0n) is 21.6. The molecule has 10 heteroatoms. The van der Waals surface area contributed by atoms with Crippen molar-refractivity contribution in [3.63, 3.8) is 0 Å². The fraction of sp³-hybridized carbons (Fsp3) is 0.333. The van der Waals surface area contributed by atoms with Crippen LogP contribution in [0.15, 0.2) is 65.4 Å². The number of carbonyl (C=O) groups excluding carboxylic acids is 1. The van der Waals surface area contributed by atoms with Gasteiger partial charge in [0.2, 0.25) is 5.95 Å². The first kappa shape index (κ1) is 26.7. The van der Waals surface area contributed by atoms with Crippen LogP contribution in [0.2, 0.25) is 0 Å². The highest BCUT2D eigenvalue weighted by Crippen LogP contribution is 2.37. The maximum atomic E-state index is 13.4. The molecule has 0 aliphatic heterocycles. The Balaban J connectivity index is 1.70. The van der Waals surface area contributed by atoms with E-state index in [0.717, 1.165) is 17.1 Å². The number of carbonyl (C=O) groups is 1. The normalized spacial score (nSPS) is 12.2. The summed E-state index contributed by atoms with van der Waals surface area (Å²) in [6.45, 7) is 10.5. The Hall–Kier alpha value is -3.37. The number of aromatic nitrogens is 4. The molecule has 0 aliphatic rings. The van der Waals surface area contributed by atoms with Gasteiger partial charge in [-0.05, 0) is 36.1 Å². The summed E-state index contributed by atoms with van der Waals surface area (Å²) in [5, 5.41) is 0. The number of hydrogen-bond acceptors (Lipinski definition) is 7. The van der Waals surface area contributed by atoms with E-state index in [1.54, 1.807) is 36.7 Å². The average molecular weight is 538 g/mol. The van der Waals surface area contributed by atoms with Gasteiger partial charge in [-0.3, -0.25) is 4.79 Å². The lowest BCUT2D eigenvalue weighted by Gasteiger charge is -2.19. The van der Waals surface area contributed by atoms with Gasteiger partial charge in [0.15, 0.2) is 5.78 Å². The van der Waals surface area contributed by atoms with Crippen LogP contribution >= 0.6 is 11.3 Å². The van der Waals surface area contributed by atoms with Gasteiger partial charge >= 0.3 is 0 Å². The SMILES string of the molecule is CC(C)Cc1cc(-c2cccc(C(=O)Cn3ccnc3C(C)(C)C)c2)c(S(=O)(=O)Nc2ncccn2)s1. The van der Waals surface area contributed by atoms with Crippen molar-refractivity contribution in [2.75, 3.05) is 4.72 Å². The van der Waals surface area contributed by atoms with Gasteiger partial charge in [-0.2, -0.15) is 0 Å². The van der Waals surface area contributed by atoms with Gasteiger partial charge < -0.3 is 4.57 Å². The van der Waals surface area contributed by atoms with Crippen molar-refractivity contribution in [2.45, 2.75) is 57.2 Å². The van der Waals surface area contributed by atoms with Crippen LogP contribution in [0.3, 0.4) is 0 Å². The zero-order chi connectivity index (χ0) is 26.8. The monoisotopic (exact) mass is 537 g/mol. The summed E-state index contributed by atoms with van der Waals surface area (Å²) in [6.07, 6.45) is 7.20. The summed E-state index contributed by atoms with van der Waals surface area (Å²) in [6, 6.07) is 10.6. The third kappa shape index (κ3) is 6.31. The second-order valence-electron chi connectivity index (χ2n) is 10.3. The summed E-state index contributed by atoms with van der Waals surface area (Å²) in [5.41, 5.74) is 1.52. The van der Waals surface area contributed by atoms with Crippen LogP contribution in [0, 0.1) is 5.92 Å². The van der Waals surface area contributed by atoms with E-state index in [4.69, 9.17) is 0 Å². The van der Waals surface area contributed by atoms with Crippen LogP contribution in [0.5, 0.6) is 0 Å². The topological polar surface area (TPSA) is 107 Å². The van der Waals surface area contributed by atoms with E-state index in [9.17, 15) is 13.2 Å². The smallest absolute Gasteiger partial charge is 0.274 e. The maximum absolute atomic E-state index is 13.4. The van der Waals surface area contributed by atoms with E-state index in [2.05, 4.69) is 54.3 Å². The van der Waals surface area contributed by atoms with Crippen molar-refractivity contribution in [1.82, 2.24) is 19.5 Å². The average Bonchev–Trinajstić information content (AvgIpc) is 3.47. The molecule has 0 amide bonds. The van der Waals surface area contributed by atoms with E-state index < -0.39 is 10.0 Å². The number of rotatable bonds is 9. The molecule has 3 aromatic heterocycles. The number of ketones is 1. The minimum atomic E-state index is -3.96. The van der Waals surface area contributed by atoms with Crippen LogP contribution in [0.1, 0.15) is 55.7 Å². The molecule has 4 aromatic rings. The first-order valence-electron chi connectivity index (χ1n) is 12.0. The van der Waals surface area contributed by atoms with Crippen LogP contribution in [0.4, 0.5) is 5.95 Å². The molecule has 0 fully saturated rings. The molecule has 1 N–H and O–H groups in total. The first-order valence-corrected chi connectivity index (χ1v) is 14.3. The van der Waals surface area contributed by atoms with Crippen molar-refractivity contribution >= 4 is 33.1 Å². The molecule has 0 bridgehead atoms. The molecule has 0 atom stereocenters. The summed E-state index contributed by atoms with van der Waals surface area (Å²) < 4.78 is 31.3. The zero-order valence-corrected chi connectivity index (χ0v) is 23.2. The molecule has 8 nitrogen and oxygen atoms in total. The van der Waals surface area contributed by atoms with Gasteiger partial charge in [-0.25, -0.2) is 28.1 Å². The van der Waals surface area contributed by atoms with Gasteiger partial charge in [-0.1, -0.05) is 52.8 Å². The molecule has 0 radical (unpaired) electrons. The van der Waals surface area contributed by atoms with E-state index >= 15 is 0 Å². The number of Topliss-reactive ketones (excluding diaryl/α,β-unsaturated/α-hetero) is 1. The lowest BCUT2D eigenvalue weighted by molar-refractivity contribution is 0.0970. The predicted molar refractivity (Wildman–Crippen MR) is 146 cm³/mol. The Morgan fingerprint density at radius 3 is 2.46 bits per heavy atom. The Labute approximate surface area is 221 Å². The largest absolute Gasteiger partial charge is 0.327 e. The third-order valence-corrected chi connectivity index (χ3v) is 8.61. The lowest BCUT2D eigenvalue weighted by Crippen LogP contribution is -2.21. The summed E-state index contributed by atoms with van der Waals surface area (Å²) >= 11 is 1.23. The number of hydrogen-bond donors (Lipinski definition) is 1. The number of nitrogens with one attached hydrogen (secondary N) is 1. The number of imidazole rings is 1. The van der Waals surface area contributed by atoms with Crippen molar-refractivity contribution in [1.29, 1.82) is 0 Å². The molecule has 0 spiro atoms. The molecule has 0 aliphatic carbocycles. The number of anilines is 1. The van der Waals surface area contributed by atoms with Crippen LogP contribution < -0.4 is 4.72 Å². The van der Waals surface area contributed by atoms with Gasteiger partial charge in [0, 0.05) is 46.2 Å². The summed E-state index contributed by atoms with van der Waals surface area (Å²) in [4.78, 5) is 26.6. The van der Waals surface area contributed by atoms with Crippen molar-refractivity contribution < 1.29 is 13.2 Å². The number of nitrogens with zero attached hydrogens (tertiary/aromatic N) is 4. The van der Waals surface area contributed by atoms with Crippen molar-refractivity contribution in [3.05, 3.63) is 77.5 Å². The number of sulfonamides is 1. The minimum absolute atomic E-state index is 0.00572. The molecule has 194 valence electrons. The molecule has 0 saturated carbocycles. The number of benzene rings is 1. The maximum Gasteiger partial charge on any atom is 0.274 e. The molecular formula is C27H31N5O3S2. The highest BCUT2D eigenvalue weighted by atomic mass is 32.2. The Morgan fingerprint density at radius 2 is 1.78 bits per heavy atom. The molecular weight excluding hydrogens is 506 g/mol. The van der Waals surface area contributed by atoms with E-state index in [-0.39, 0.29) is 27.9 Å². The van der Waals surface area contributed by atoms with Gasteiger partial charge in [-0.15, -0.1) is 11.3 Å².